The topological polar surface area (TPSA) is 141 Å². The van der Waals surface area contributed by atoms with Crippen molar-refractivity contribution in [3.05, 3.63) is 50.7 Å². The van der Waals surface area contributed by atoms with E-state index in [-0.39, 0.29) is 36.9 Å². The normalized spacial score (nSPS) is 11.7. The highest BCUT2D eigenvalue weighted by Crippen LogP contribution is 2.16. The average molecular weight is 404 g/mol. The van der Waals surface area contributed by atoms with Gasteiger partial charge in [0.05, 0.1) is 14.2 Å². The molecule has 0 aliphatic carbocycles. The zero-order chi connectivity index (χ0) is 21.6. The van der Waals surface area contributed by atoms with Crippen molar-refractivity contribution >= 4 is 23.2 Å². The van der Waals surface area contributed by atoms with E-state index in [1.165, 1.54) is 11.7 Å². The van der Waals surface area contributed by atoms with Gasteiger partial charge in [-0.15, -0.1) is 0 Å². The summed E-state index contributed by atoms with van der Waals surface area (Å²) in [4.78, 5) is 51.5. The summed E-state index contributed by atoms with van der Waals surface area (Å²) >= 11 is 0. The van der Waals surface area contributed by atoms with Crippen LogP contribution in [0.25, 0.3) is 0 Å². The van der Waals surface area contributed by atoms with E-state index in [0.29, 0.717) is 22.8 Å². The lowest BCUT2D eigenvalue weighted by Crippen LogP contribution is -3.11. The van der Waals surface area contributed by atoms with Crippen molar-refractivity contribution in [2.24, 2.45) is 0 Å². The number of ketones is 1. The van der Waals surface area contributed by atoms with E-state index in [2.05, 4.69) is 10.3 Å². The molecule has 10 nitrogen and oxygen atoms in total. The molecule has 10 heteroatoms. The first-order valence-electron chi connectivity index (χ1n) is 9.17. The van der Waals surface area contributed by atoms with Crippen molar-refractivity contribution in [2.45, 2.75) is 19.9 Å². The van der Waals surface area contributed by atoms with Crippen LogP contribution in [0, 0.1) is 0 Å². The smallest absolute Gasteiger partial charge is 0.329 e. The van der Waals surface area contributed by atoms with E-state index in [1.54, 1.807) is 31.3 Å². The molecule has 0 spiro atoms. The number of H-pyrrole nitrogens is 1. The summed E-state index contributed by atoms with van der Waals surface area (Å²) in [5.74, 6) is -0.392. The molecule has 1 aromatic heterocycles. The van der Waals surface area contributed by atoms with Crippen LogP contribution in [0.2, 0.25) is 0 Å². The molecule has 1 atom stereocenters. The van der Waals surface area contributed by atoms with Crippen LogP contribution in [0.3, 0.4) is 0 Å². The summed E-state index contributed by atoms with van der Waals surface area (Å²) in [7, 11) is 3.18. The second-order valence-electron chi connectivity index (χ2n) is 6.69. The zero-order valence-corrected chi connectivity index (χ0v) is 16.7. The van der Waals surface area contributed by atoms with Crippen LogP contribution >= 0.6 is 0 Å². The Labute approximate surface area is 167 Å². The van der Waals surface area contributed by atoms with Crippen LogP contribution in [0.4, 0.5) is 11.5 Å². The fourth-order valence-corrected chi connectivity index (χ4v) is 2.91. The molecular weight excluding hydrogens is 378 g/mol. The number of likely N-dealkylation sites (N-methyl/N-ethyl adjacent to an activating group) is 1. The molecular formula is C19H26N5O5+. The second-order valence-corrected chi connectivity index (χ2v) is 6.69. The number of ether oxygens (including phenoxy) is 1. The molecule has 156 valence electrons. The number of carbonyl (C=O) groups is 2. The van der Waals surface area contributed by atoms with Gasteiger partial charge in [0.25, 0.3) is 11.5 Å². The summed E-state index contributed by atoms with van der Waals surface area (Å²) in [5.41, 5.74) is 4.74. The van der Waals surface area contributed by atoms with E-state index < -0.39 is 17.0 Å². The van der Waals surface area contributed by atoms with Gasteiger partial charge in [0.15, 0.2) is 6.54 Å². The molecule has 0 saturated carbocycles. The molecule has 0 aliphatic rings. The van der Waals surface area contributed by atoms with Gasteiger partial charge < -0.3 is 20.7 Å². The van der Waals surface area contributed by atoms with Gasteiger partial charge in [-0.3, -0.25) is 23.9 Å². The first-order valence-corrected chi connectivity index (χ1v) is 9.17. The van der Waals surface area contributed by atoms with Crippen LogP contribution in [0.1, 0.15) is 23.7 Å². The zero-order valence-electron chi connectivity index (χ0n) is 16.7. The fraction of sp³-hybridized carbons (Fsp3) is 0.368. The molecule has 0 bridgehead atoms. The maximum Gasteiger partial charge on any atom is 0.329 e. The van der Waals surface area contributed by atoms with Gasteiger partial charge in [-0.1, -0.05) is 13.0 Å². The number of nitrogens with zero attached hydrogens (tertiary/aromatic N) is 1. The van der Waals surface area contributed by atoms with Crippen molar-refractivity contribution in [1.29, 1.82) is 0 Å². The van der Waals surface area contributed by atoms with Gasteiger partial charge in [0, 0.05) is 18.3 Å². The molecule has 0 fully saturated rings. The maximum absolute atomic E-state index is 12.6. The Morgan fingerprint density at radius 2 is 2.00 bits per heavy atom. The molecule has 1 unspecified atom stereocenters. The Balaban J connectivity index is 2.07. The van der Waals surface area contributed by atoms with Gasteiger partial charge in [0.2, 0.25) is 5.78 Å². The lowest BCUT2D eigenvalue weighted by molar-refractivity contribution is -0.861. The molecule has 0 radical (unpaired) electrons. The molecule has 2 aromatic rings. The van der Waals surface area contributed by atoms with E-state index in [9.17, 15) is 19.2 Å². The van der Waals surface area contributed by atoms with Crippen molar-refractivity contribution in [1.82, 2.24) is 9.55 Å². The minimum absolute atomic E-state index is 0.00460. The molecule has 1 amide bonds. The Morgan fingerprint density at radius 3 is 2.66 bits per heavy atom. The number of quaternary nitrogens is 1. The lowest BCUT2D eigenvalue weighted by Gasteiger charge is -2.15. The summed E-state index contributed by atoms with van der Waals surface area (Å²) < 4.78 is 6.27. The number of hydrogen-bond donors (Lipinski definition) is 4. The molecule has 29 heavy (non-hydrogen) atoms. The van der Waals surface area contributed by atoms with Crippen molar-refractivity contribution < 1.29 is 19.2 Å². The predicted octanol–water partition coefficient (Wildman–Crippen LogP) is -1.13. The number of methoxy groups -OCH3 is 1. The number of nitrogens with two attached hydrogens (primary N) is 1. The first kappa shape index (κ1) is 21.9. The predicted molar refractivity (Wildman–Crippen MR) is 109 cm³/mol. The SMILES string of the molecule is CCCn1c(N)c(C(=O)C[NH+](C)CC(=O)Nc2cccc(OC)c2)c(=O)[nH]c1=O. The van der Waals surface area contributed by atoms with Gasteiger partial charge >= 0.3 is 5.69 Å². The van der Waals surface area contributed by atoms with Crippen LogP contribution in [-0.4, -0.2) is 48.5 Å². The molecule has 0 aliphatic heterocycles. The minimum Gasteiger partial charge on any atom is -0.497 e. The number of amides is 1. The highest BCUT2D eigenvalue weighted by Gasteiger charge is 2.23. The number of rotatable bonds is 9. The third kappa shape index (κ3) is 5.55. The number of nitrogen functional groups attached to an aromatic ring is 1. The molecule has 1 heterocycles. The Hall–Kier alpha value is -3.40. The lowest BCUT2D eigenvalue weighted by atomic mass is 10.2. The minimum atomic E-state index is -0.821. The van der Waals surface area contributed by atoms with Crippen molar-refractivity contribution in [3.8, 4) is 5.75 Å². The summed E-state index contributed by atoms with van der Waals surface area (Å²) in [6.07, 6.45) is 0.610. The summed E-state index contributed by atoms with van der Waals surface area (Å²) in [6.45, 7) is 1.99. The number of aromatic nitrogens is 2. The third-order valence-electron chi connectivity index (χ3n) is 4.24. The molecule has 0 saturated heterocycles. The number of nitrogens with one attached hydrogen (secondary N) is 3. The van der Waals surface area contributed by atoms with Gasteiger partial charge in [-0.2, -0.15) is 0 Å². The van der Waals surface area contributed by atoms with Crippen molar-refractivity contribution in [2.75, 3.05) is 38.3 Å². The largest absolute Gasteiger partial charge is 0.497 e. The van der Waals surface area contributed by atoms with E-state index in [0.717, 1.165) is 0 Å². The molecule has 5 N–H and O–H groups in total. The number of Topliss-reactive ketones (excluding diaryl/α,β-unsaturated/α-hetero) is 1. The van der Waals surface area contributed by atoms with E-state index in [4.69, 9.17) is 10.5 Å². The van der Waals surface area contributed by atoms with E-state index >= 15 is 0 Å². The number of hydrogen-bond acceptors (Lipinski definition) is 6. The maximum atomic E-state index is 12.6. The van der Waals surface area contributed by atoms with Gasteiger partial charge in [0.1, 0.15) is 23.7 Å². The van der Waals surface area contributed by atoms with Gasteiger partial charge in [-0.25, -0.2) is 4.79 Å². The molecule has 1 aromatic carbocycles. The summed E-state index contributed by atoms with van der Waals surface area (Å²) in [6, 6.07) is 6.90. The van der Waals surface area contributed by atoms with Crippen LogP contribution in [0.5, 0.6) is 5.75 Å². The second kappa shape index (κ2) is 9.69. The number of benzene rings is 1. The Kier molecular flexibility index (Phi) is 7.32. The van der Waals surface area contributed by atoms with Crippen LogP contribution in [0.15, 0.2) is 33.9 Å². The quantitative estimate of drug-likeness (QED) is 0.390. The Morgan fingerprint density at radius 1 is 1.28 bits per heavy atom. The average Bonchev–Trinajstić information content (AvgIpc) is 2.64. The first-order chi connectivity index (χ1) is 13.8. The Bertz CT molecular complexity index is 1010. The van der Waals surface area contributed by atoms with Gasteiger partial charge in [-0.05, 0) is 18.6 Å². The van der Waals surface area contributed by atoms with E-state index in [1.807, 2.05) is 6.92 Å². The highest BCUT2D eigenvalue weighted by molar-refractivity contribution is 6.00. The number of anilines is 2. The van der Waals surface area contributed by atoms with Crippen LogP contribution in [-0.2, 0) is 11.3 Å². The van der Waals surface area contributed by atoms with Crippen molar-refractivity contribution in [3.63, 3.8) is 0 Å². The fourth-order valence-electron chi connectivity index (χ4n) is 2.91. The third-order valence-corrected chi connectivity index (χ3v) is 4.24. The number of carbonyl (C=O) groups excluding carboxylic acids is 2. The molecule has 2 rings (SSSR count). The van der Waals surface area contributed by atoms with Crippen LogP contribution < -0.4 is 31.9 Å². The standard InChI is InChI=1S/C19H25N5O5/c1-4-8-24-17(20)16(18(27)22-19(24)28)14(25)10-23(2)11-15(26)21-12-6-5-7-13(9-12)29-3/h5-7,9H,4,8,10-11,20H2,1-3H3,(H,21,26)(H,22,27,28)/p+1. The summed E-state index contributed by atoms with van der Waals surface area (Å²) in [5, 5.41) is 2.73. The highest BCUT2D eigenvalue weighted by atomic mass is 16.5. The monoisotopic (exact) mass is 404 g/mol. The number of aromatic amines is 1.